The third kappa shape index (κ3) is 3.09. The van der Waals surface area contributed by atoms with Crippen LogP contribution in [0.5, 0.6) is 0 Å². The highest BCUT2D eigenvalue weighted by Gasteiger charge is 2.10. The van der Waals surface area contributed by atoms with Gasteiger partial charge in [-0.1, -0.05) is 12.6 Å². The van der Waals surface area contributed by atoms with Crippen molar-refractivity contribution in [1.29, 1.82) is 0 Å². The first-order chi connectivity index (χ1) is 7.50. The van der Waals surface area contributed by atoms with E-state index in [0.29, 0.717) is 5.70 Å². The van der Waals surface area contributed by atoms with Gasteiger partial charge in [0.05, 0.1) is 4.92 Å². The van der Waals surface area contributed by atoms with Crippen LogP contribution in [-0.4, -0.2) is 10.8 Å². The summed E-state index contributed by atoms with van der Waals surface area (Å²) in [6.45, 7) is 5.21. The Morgan fingerprint density at radius 3 is 2.69 bits per heavy atom. The summed E-state index contributed by atoms with van der Waals surface area (Å²) in [6.07, 6.45) is 0. The molecule has 0 spiro atoms. The molecule has 0 heterocycles. The summed E-state index contributed by atoms with van der Waals surface area (Å²) in [6, 6.07) is 5.47. The van der Waals surface area contributed by atoms with E-state index in [9.17, 15) is 14.9 Å². The molecule has 0 aromatic heterocycles. The minimum atomic E-state index is -0.553. The van der Waals surface area contributed by atoms with E-state index < -0.39 is 10.8 Å². The van der Waals surface area contributed by atoms with Gasteiger partial charge in [-0.25, -0.2) is 0 Å². The van der Waals surface area contributed by atoms with Gasteiger partial charge < -0.3 is 5.43 Å². The van der Waals surface area contributed by atoms with Crippen molar-refractivity contribution in [3.05, 3.63) is 52.2 Å². The Morgan fingerprint density at radius 2 is 2.12 bits per heavy atom. The second-order valence-electron chi connectivity index (χ2n) is 3.17. The average molecular weight is 221 g/mol. The number of carbonyl (C=O) groups is 1. The number of hydrazine groups is 1. The lowest BCUT2D eigenvalue weighted by atomic mass is 10.2. The van der Waals surface area contributed by atoms with Crippen LogP contribution >= 0.6 is 0 Å². The highest BCUT2D eigenvalue weighted by Crippen LogP contribution is 2.12. The van der Waals surface area contributed by atoms with Gasteiger partial charge in [0.1, 0.15) is 0 Å². The van der Waals surface area contributed by atoms with Gasteiger partial charge in [-0.3, -0.25) is 20.3 Å². The minimum absolute atomic E-state index is 0.122. The van der Waals surface area contributed by atoms with Crippen LogP contribution in [0, 0.1) is 10.1 Å². The topological polar surface area (TPSA) is 84.3 Å². The van der Waals surface area contributed by atoms with Crippen molar-refractivity contribution in [1.82, 2.24) is 10.9 Å². The van der Waals surface area contributed by atoms with Crippen LogP contribution < -0.4 is 10.9 Å². The lowest BCUT2D eigenvalue weighted by molar-refractivity contribution is -0.384. The van der Waals surface area contributed by atoms with Crippen LogP contribution in [0.25, 0.3) is 0 Å². The molecule has 0 aliphatic carbocycles. The fourth-order valence-corrected chi connectivity index (χ4v) is 0.996. The van der Waals surface area contributed by atoms with Crippen LogP contribution in [0.1, 0.15) is 17.3 Å². The number of hydrogen-bond donors (Lipinski definition) is 2. The van der Waals surface area contributed by atoms with E-state index >= 15 is 0 Å². The van der Waals surface area contributed by atoms with E-state index in [-0.39, 0.29) is 11.3 Å². The first-order valence-electron chi connectivity index (χ1n) is 4.47. The number of nitrogens with one attached hydrogen (secondary N) is 2. The number of nitrogens with zero attached hydrogens (tertiary/aromatic N) is 1. The number of rotatable bonds is 4. The van der Waals surface area contributed by atoms with Gasteiger partial charge >= 0.3 is 0 Å². The van der Waals surface area contributed by atoms with Crippen LogP contribution in [0.2, 0.25) is 0 Å². The number of non-ortho nitro benzene ring substituents is 1. The molecule has 1 aromatic carbocycles. The number of hydrogen-bond acceptors (Lipinski definition) is 4. The third-order valence-corrected chi connectivity index (χ3v) is 1.71. The number of nitro groups is 1. The van der Waals surface area contributed by atoms with Gasteiger partial charge in [0.15, 0.2) is 0 Å². The van der Waals surface area contributed by atoms with E-state index in [4.69, 9.17) is 0 Å². The summed E-state index contributed by atoms with van der Waals surface area (Å²) < 4.78 is 0. The molecule has 0 unspecified atom stereocenters. The predicted molar refractivity (Wildman–Crippen MR) is 58.5 cm³/mol. The van der Waals surface area contributed by atoms with Gasteiger partial charge in [0.25, 0.3) is 11.6 Å². The van der Waals surface area contributed by atoms with Crippen LogP contribution in [0.4, 0.5) is 5.69 Å². The maximum absolute atomic E-state index is 11.5. The lowest BCUT2D eigenvalue weighted by Gasteiger charge is -2.06. The molecule has 6 nitrogen and oxygen atoms in total. The molecule has 0 aliphatic heterocycles. The van der Waals surface area contributed by atoms with Crippen LogP contribution in [0.15, 0.2) is 36.5 Å². The summed E-state index contributed by atoms with van der Waals surface area (Å²) in [7, 11) is 0. The molecule has 1 amide bonds. The highest BCUT2D eigenvalue weighted by molar-refractivity contribution is 5.94. The maximum Gasteiger partial charge on any atom is 0.270 e. The quantitative estimate of drug-likeness (QED) is 0.594. The van der Waals surface area contributed by atoms with Gasteiger partial charge in [0, 0.05) is 23.4 Å². The Balaban J connectivity index is 2.79. The Hall–Kier alpha value is -2.37. The Kier molecular flexibility index (Phi) is 3.60. The highest BCUT2D eigenvalue weighted by atomic mass is 16.6. The SMILES string of the molecule is C=C(C)NNC(=O)c1cccc([N+](=O)[O-])c1. The number of nitro benzene ring substituents is 1. The molecular formula is C10H11N3O3. The van der Waals surface area contributed by atoms with E-state index in [0.717, 1.165) is 0 Å². The first-order valence-corrected chi connectivity index (χ1v) is 4.47. The van der Waals surface area contributed by atoms with E-state index in [1.165, 1.54) is 24.3 Å². The van der Waals surface area contributed by atoms with Crippen molar-refractivity contribution in [2.75, 3.05) is 0 Å². The fraction of sp³-hybridized carbons (Fsp3) is 0.100. The number of allylic oxidation sites excluding steroid dienone is 1. The molecule has 16 heavy (non-hydrogen) atoms. The Labute approximate surface area is 92.1 Å². The standard InChI is InChI=1S/C10H11N3O3/c1-7(2)11-12-10(14)8-4-3-5-9(6-8)13(15)16/h3-6,11H,1H2,2H3,(H,12,14). The molecule has 1 rings (SSSR count). The third-order valence-electron chi connectivity index (χ3n) is 1.71. The molecule has 0 radical (unpaired) electrons. The monoisotopic (exact) mass is 221 g/mol. The Morgan fingerprint density at radius 1 is 1.44 bits per heavy atom. The van der Waals surface area contributed by atoms with Gasteiger partial charge in [-0.2, -0.15) is 0 Å². The maximum atomic E-state index is 11.5. The molecule has 0 fully saturated rings. The van der Waals surface area contributed by atoms with Crippen molar-refractivity contribution in [2.45, 2.75) is 6.92 Å². The van der Waals surface area contributed by atoms with Gasteiger partial charge in [-0.05, 0) is 13.0 Å². The fourth-order valence-electron chi connectivity index (χ4n) is 0.996. The van der Waals surface area contributed by atoms with Crippen LogP contribution in [0.3, 0.4) is 0 Å². The molecule has 0 saturated heterocycles. The summed E-state index contributed by atoms with van der Waals surface area (Å²) in [5.41, 5.74) is 5.54. The predicted octanol–water partition coefficient (Wildman–Crippen LogP) is 1.36. The molecule has 0 saturated carbocycles. The van der Waals surface area contributed by atoms with Crippen LogP contribution in [-0.2, 0) is 0 Å². The van der Waals surface area contributed by atoms with Gasteiger partial charge in [0.2, 0.25) is 0 Å². The number of amides is 1. The molecule has 0 aliphatic rings. The molecule has 0 bridgehead atoms. The number of carbonyl (C=O) groups excluding carboxylic acids is 1. The summed E-state index contributed by atoms with van der Waals surface area (Å²) in [5, 5.41) is 10.5. The zero-order valence-corrected chi connectivity index (χ0v) is 8.69. The number of benzene rings is 1. The normalized spacial score (nSPS) is 9.31. The van der Waals surface area contributed by atoms with E-state index in [1.807, 2.05) is 0 Å². The summed E-state index contributed by atoms with van der Waals surface area (Å²) in [4.78, 5) is 21.4. The molecular weight excluding hydrogens is 210 g/mol. The van der Waals surface area contributed by atoms with Crippen molar-refractivity contribution in [3.63, 3.8) is 0 Å². The molecule has 6 heteroatoms. The molecule has 84 valence electrons. The van der Waals surface area contributed by atoms with Gasteiger partial charge in [-0.15, -0.1) is 0 Å². The average Bonchev–Trinajstić information content (AvgIpc) is 2.26. The lowest BCUT2D eigenvalue weighted by Crippen LogP contribution is -2.35. The minimum Gasteiger partial charge on any atom is -0.303 e. The van der Waals surface area contributed by atoms with Crippen molar-refractivity contribution in [2.24, 2.45) is 0 Å². The largest absolute Gasteiger partial charge is 0.303 e. The van der Waals surface area contributed by atoms with E-state index in [1.54, 1.807) is 6.92 Å². The summed E-state index contributed by atoms with van der Waals surface area (Å²) >= 11 is 0. The smallest absolute Gasteiger partial charge is 0.270 e. The molecule has 1 aromatic rings. The van der Waals surface area contributed by atoms with Crippen molar-refractivity contribution in [3.8, 4) is 0 Å². The molecule has 0 atom stereocenters. The zero-order valence-electron chi connectivity index (χ0n) is 8.69. The second kappa shape index (κ2) is 4.92. The zero-order chi connectivity index (χ0) is 12.1. The second-order valence-corrected chi connectivity index (χ2v) is 3.17. The summed E-state index contributed by atoms with van der Waals surface area (Å²) in [5.74, 6) is -0.452. The van der Waals surface area contributed by atoms with Crippen molar-refractivity contribution < 1.29 is 9.72 Å². The first kappa shape index (κ1) is 11.7. The van der Waals surface area contributed by atoms with Crippen molar-refractivity contribution >= 4 is 11.6 Å². The van der Waals surface area contributed by atoms with E-state index in [2.05, 4.69) is 17.4 Å². The molecule has 2 N–H and O–H groups in total. The Bertz CT molecular complexity index is 443.